The molecule has 1 nitrogen and oxygen atoms in total. The number of para-hydroxylation sites is 1. The molecule has 0 saturated heterocycles. The van der Waals surface area contributed by atoms with Gasteiger partial charge in [-0.2, -0.15) is 0 Å². The van der Waals surface area contributed by atoms with Crippen molar-refractivity contribution in [2.45, 2.75) is 0 Å². The van der Waals surface area contributed by atoms with Crippen LogP contribution in [0.1, 0.15) is 0 Å². The van der Waals surface area contributed by atoms with Crippen molar-refractivity contribution in [2.75, 3.05) is 0 Å². The number of phenolic OH excluding ortho intramolecular Hbond substituents is 1. The van der Waals surface area contributed by atoms with Gasteiger partial charge in [-0.25, -0.2) is 0 Å². The van der Waals surface area contributed by atoms with Crippen LogP contribution in [0, 0.1) is 0 Å². The fraction of sp³-hybridized carbons (Fsp3) is 0. The van der Waals surface area contributed by atoms with Gasteiger partial charge in [-0.3, -0.25) is 0 Å². The third-order valence-corrected chi connectivity index (χ3v) is 0.756. The molecule has 0 saturated carbocycles. The Labute approximate surface area is 58.8 Å². The number of aromatic hydroxyl groups is 1. The second kappa shape index (κ2) is 3.53. The quantitative estimate of drug-likeness (QED) is 0.552. The summed E-state index contributed by atoms with van der Waals surface area (Å²) >= 11 is 0. The molecular weight excluding hydrogens is 143 g/mol. The van der Waals surface area contributed by atoms with E-state index < -0.39 is 0 Å². The minimum Gasteiger partial charge on any atom is -0.508 e. The van der Waals surface area contributed by atoms with E-state index in [2.05, 4.69) is 0 Å². The summed E-state index contributed by atoms with van der Waals surface area (Å²) in [4.78, 5) is 0. The van der Waals surface area contributed by atoms with Crippen molar-refractivity contribution in [1.82, 2.24) is 0 Å². The topological polar surface area (TPSA) is 20.2 Å². The van der Waals surface area contributed by atoms with Crippen LogP contribution in [-0.4, -0.2) is 5.11 Å². The van der Waals surface area contributed by atoms with Gasteiger partial charge in [0.05, 0.1) is 0 Å². The van der Waals surface area contributed by atoms with Crippen LogP contribution in [-0.2, 0) is 17.1 Å². The first kappa shape index (κ1) is 7.54. The molecule has 0 atom stereocenters. The molecule has 0 unspecified atom stereocenters. The Bertz CT molecular complexity index is 138. The summed E-state index contributed by atoms with van der Waals surface area (Å²) in [7, 11) is 0. The van der Waals surface area contributed by atoms with Crippen LogP contribution >= 0.6 is 0 Å². The summed E-state index contributed by atoms with van der Waals surface area (Å²) in [5.74, 6) is 0.322. The van der Waals surface area contributed by atoms with Crippen molar-refractivity contribution < 1.29 is 22.2 Å². The van der Waals surface area contributed by atoms with Gasteiger partial charge in [0.2, 0.25) is 0 Å². The van der Waals surface area contributed by atoms with Gasteiger partial charge < -0.3 is 5.11 Å². The zero-order chi connectivity index (χ0) is 5.11. The molecular formula is C6H6MnO. The van der Waals surface area contributed by atoms with Crippen LogP contribution in [0.5, 0.6) is 5.75 Å². The number of phenols is 1. The molecule has 8 heavy (non-hydrogen) atoms. The SMILES string of the molecule is Oc1ccccc1.[Mn]. The minimum atomic E-state index is 0. The minimum absolute atomic E-state index is 0. The van der Waals surface area contributed by atoms with E-state index in [4.69, 9.17) is 5.11 Å². The molecule has 0 aliphatic heterocycles. The summed E-state index contributed by atoms with van der Waals surface area (Å²) in [5.41, 5.74) is 0. The normalized spacial score (nSPS) is 7.50. The molecule has 0 fully saturated rings. The summed E-state index contributed by atoms with van der Waals surface area (Å²) in [5, 5.41) is 8.63. The molecule has 0 spiro atoms. The molecule has 1 aromatic carbocycles. The van der Waals surface area contributed by atoms with E-state index in [0.29, 0.717) is 5.75 Å². The van der Waals surface area contributed by atoms with E-state index >= 15 is 0 Å². The van der Waals surface area contributed by atoms with Gasteiger partial charge >= 0.3 is 0 Å². The van der Waals surface area contributed by atoms with Gasteiger partial charge in [-0.1, -0.05) is 18.2 Å². The number of hydrogen-bond donors (Lipinski definition) is 1. The van der Waals surface area contributed by atoms with Gasteiger partial charge in [0.1, 0.15) is 5.75 Å². The van der Waals surface area contributed by atoms with Crippen molar-refractivity contribution in [2.24, 2.45) is 0 Å². The van der Waals surface area contributed by atoms with E-state index in [1.807, 2.05) is 6.07 Å². The van der Waals surface area contributed by atoms with Crippen LogP contribution < -0.4 is 0 Å². The first-order chi connectivity index (χ1) is 3.39. The molecule has 0 heterocycles. The van der Waals surface area contributed by atoms with Crippen molar-refractivity contribution in [3.05, 3.63) is 30.3 Å². The Morgan fingerprint density at radius 2 is 1.50 bits per heavy atom. The number of rotatable bonds is 0. The van der Waals surface area contributed by atoms with Gasteiger partial charge in [-0.05, 0) is 12.1 Å². The maximum absolute atomic E-state index is 8.63. The first-order valence-electron chi connectivity index (χ1n) is 2.13. The van der Waals surface area contributed by atoms with Crippen LogP contribution in [0.3, 0.4) is 0 Å². The molecule has 1 radical (unpaired) electrons. The van der Waals surface area contributed by atoms with Crippen molar-refractivity contribution >= 4 is 0 Å². The monoisotopic (exact) mass is 149 g/mol. The Kier molecular flexibility index (Phi) is 3.33. The molecule has 2 heteroatoms. The van der Waals surface area contributed by atoms with E-state index in [1.54, 1.807) is 24.3 Å². The summed E-state index contributed by atoms with van der Waals surface area (Å²) in [6.45, 7) is 0. The molecule has 43 valence electrons. The van der Waals surface area contributed by atoms with Gasteiger partial charge in [0.25, 0.3) is 0 Å². The zero-order valence-electron chi connectivity index (χ0n) is 4.21. The van der Waals surface area contributed by atoms with Crippen LogP contribution in [0.4, 0.5) is 0 Å². The van der Waals surface area contributed by atoms with Crippen molar-refractivity contribution in [3.8, 4) is 5.75 Å². The van der Waals surface area contributed by atoms with Crippen molar-refractivity contribution in [3.63, 3.8) is 0 Å². The second-order valence-corrected chi connectivity index (χ2v) is 1.34. The Balaban J connectivity index is 0.000000490. The smallest absolute Gasteiger partial charge is 0.115 e. The molecule has 1 N–H and O–H groups in total. The number of benzene rings is 1. The summed E-state index contributed by atoms with van der Waals surface area (Å²) in [6, 6.07) is 8.71. The van der Waals surface area contributed by atoms with E-state index in [1.165, 1.54) is 0 Å². The maximum atomic E-state index is 8.63. The van der Waals surface area contributed by atoms with Crippen LogP contribution in [0.15, 0.2) is 30.3 Å². The second-order valence-electron chi connectivity index (χ2n) is 1.34. The molecule has 1 aromatic rings. The average Bonchev–Trinajstić information content (AvgIpc) is 1.69. The third kappa shape index (κ3) is 2.01. The maximum Gasteiger partial charge on any atom is 0.115 e. The Morgan fingerprint density at radius 1 is 1.00 bits per heavy atom. The predicted octanol–water partition coefficient (Wildman–Crippen LogP) is 1.39. The van der Waals surface area contributed by atoms with E-state index in [0.717, 1.165) is 0 Å². The third-order valence-electron chi connectivity index (χ3n) is 0.756. The predicted molar refractivity (Wildman–Crippen MR) is 28.1 cm³/mol. The van der Waals surface area contributed by atoms with Gasteiger partial charge in [0, 0.05) is 17.1 Å². The van der Waals surface area contributed by atoms with Gasteiger partial charge in [0.15, 0.2) is 0 Å². The number of hydrogen-bond acceptors (Lipinski definition) is 1. The summed E-state index contributed by atoms with van der Waals surface area (Å²) in [6.07, 6.45) is 0. The Morgan fingerprint density at radius 3 is 1.75 bits per heavy atom. The Hall–Kier alpha value is -0.461. The molecule has 0 bridgehead atoms. The fourth-order valence-corrected chi connectivity index (χ4v) is 0.428. The van der Waals surface area contributed by atoms with Crippen LogP contribution in [0.2, 0.25) is 0 Å². The standard InChI is InChI=1S/C6H6O.Mn/c7-6-4-2-1-3-5-6;/h1-5,7H;. The molecule has 0 amide bonds. The van der Waals surface area contributed by atoms with Gasteiger partial charge in [-0.15, -0.1) is 0 Å². The summed E-state index contributed by atoms with van der Waals surface area (Å²) < 4.78 is 0. The molecule has 0 aliphatic rings. The first-order valence-corrected chi connectivity index (χ1v) is 2.13. The molecule has 0 aliphatic carbocycles. The zero-order valence-corrected chi connectivity index (χ0v) is 5.39. The van der Waals surface area contributed by atoms with E-state index in [-0.39, 0.29) is 17.1 Å². The molecule has 0 aromatic heterocycles. The van der Waals surface area contributed by atoms with Crippen molar-refractivity contribution in [1.29, 1.82) is 0 Å². The average molecular weight is 149 g/mol. The molecule has 1 rings (SSSR count). The van der Waals surface area contributed by atoms with E-state index in [9.17, 15) is 0 Å². The van der Waals surface area contributed by atoms with Crippen LogP contribution in [0.25, 0.3) is 0 Å². The largest absolute Gasteiger partial charge is 0.508 e. The fourth-order valence-electron chi connectivity index (χ4n) is 0.428.